The Balaban J connectivity index is 0.894. The molecular formula is C43H49N9O6. The summed E-state index contributed by atoms with van der Waals surface area (Å²) in [6.45, 7) is 7.68. The van der Waals surface area contributed by atoms with E-state index in [9.17, 15) is 19.2 Å². The van der Waals surface area contributed by atoms with E-state index in [4.69, 9.17) is 29.4 Å². The van der Waals surface area contributed by atoms with E-state index < -0.39 is 24.3 Å². The van der Waals surface area contributed by atoms with Crippen molar-refractivity contribution in [3.8, 4) is 22.5 Å². The quantitative estimate of drug-likeness (QED) is 0.181. The SMILES string of the molecule is COC(=O)N[C@H](C(=O)N1[C@@H]2C[C@@H]2C[C@H]1C1=Nc2ccc(-c3cnc4cc(-c5cnc([C@@H]6C[C@H]7C[C@H]7N6C(=O)[C@@H](NC(=O)OC)C(C)C)[nH]5)ccc4n3)cc2C1)C(C)C. The molecule has 5 aliphatic rings. The minimum atomic E-state index is -0.692. The summed E-state index contributed by atoms with van der Waals surface area (Å²) in [5, 5.41) is 5.49. The molecule has 15 heteroatoms. The molecule has 4 amide bonds. The maximum Gasteiger partial charge on any atom is 0.407 e. The highest BCUT2D eigenvalue weighted by molar-refractivity contribution is 6.02. The first-order valence-electron chi connectivity index (χ1n) is 20.3. The van der Waals surface area contributed by atoms with Gasteiger partial charge in [0.15, 0.2) is 0 Å². The van der Waals surface area contributed by atoms with E-state index in [1.807, 2.05) is 67.8 Å². The van der Waals surface area contributed by atoms with Crippen molar-refractivity contribution in [2.45, 2.75) is 96.1 Å². The van der Waals surface area contributed by atoms with E-state index in [1.165, 1.54) is 14.2 Å². The highest BCUT2D eigenvalue weighted by Gasteiger charge is 2.57. The third kappa shape index (κ3) is 6.73. The summed E-state index contributed by atoms with van der Waals surface area (Å²) in [4.78, 5) is 78.8. The lowest BCUT2D eigenvalue weighted by Gasteiger charge is -2.32. The number of benzene rings is 2. The highest BCUT2D eigenvalue weighted by Crippen LogP contribution is 2.54. The summed E-state index contributed by atoms with van der Waals surface area (Å²) < 4.78 is 9.62. The number of imidazole rings is 1. The van der Waals surface area contributed by atoms with Gasteiger partial charge in [-0.3, -0.25) is 19.6 Å². The van der Waals surface area contributed by atoms with Gasteiger partial charge in [-0.2, -0.15) is 0 Å². The molecule has 58 heavy (non-hydrogen) atoms. The summed E-state index contributed by atoms with van der Waals surface area (Å²) >= 11 is 0. The summed E-state index contributed by atoms with van der Waals surface area (Å²) in [5.74, 6) is 1.22. The molecule has 3 N–H and O–H groups in total. The number of aliphatic imine (C=N–C) groups is 1. The fraction of sp³-hybridized carbons (Fsp3) is 0.488. The number of aromatic nitrogens is 4. The number of rotatable bonds is 10. The number of carbonyl (C=O) groups is 4. The normalized spacial score (nSPS) is 24.9. The van der Waals surface area contributed by atoms with E-state index in [0.717, 1.165) is 82.0 Å². The monoisotopic (exact) mass is 787 g/mol. The minimum absolute atomic E-state index is 0.0767. The predicted octanol–water partition coefficient (Wildman–Crippen LogP) is 5.73. The number of nitrogens with zero attached hydrogens (tertiary/aromatic N) is 6. The molecule has 4 fully saturated rings. The molecule has 3 aliphatic heterocycles. The van der Waals surface area contributed by atoms with Gasteiger partial charge in [-0.1, -0.05) is 39.8 Å². The van der Waals surface area contributed by atoms with Gasteiger partial charge >= 0.3 is 12.2 Å². The van der Waals surface area contributed by atoms with Crippen molar-refractivity contribution < 1.29 is 28.7 Å². The first-order valence-corrected chi connectivity index (χ1v) is 20.3. The van der Waals surface area contributed by atoms with Crippen LogP contribution in [0.1, 0.15) is 70.8 Å². The number of alkyl carbamates (subject to hydrolysis) is 2. The van der Waals surface area contributed by atoms with Crippen molar-refractivity contribution in [3.63, 3.8) is 0 Å². The van der Waals surface area contributed by atoms with Gasteiger partial charge < -0.3 is 34.9 Å². The van der Waals surface area contributed by atoms with Crippen LogP contribution in [0.3, 0.4) is 0 Å². The number of aromatic amines is 1. The van der Waals surface area contributed by atoms with Crippen molar-refractivity contribution in [2.24, 2.45) is 28.7 Å². The van der Waals surface area contributed by atoms with Gasteiger partial charge in [0.1, 0.15) is 17.9 Å². The van der Waals surface area contributed by atoms with Crippen molar-refractivity contribution >= 4 is 46.4 Å². The maximum absolute atomic E-state index is 13.9. The van der Waals surface area contributed by atoms with E-state index in [-0.39, 0.29) is 47.8 Å². The number of fused-ring (bicyclic) bond motifs is 4. The summed E-state index contributed by atoms with van der Waals surface area (Å²) in [5.41, 5.74) is 7.86. The average Bonchev–Trinajstić information content (AvgIpc) is 3.84. The lowest BCUT2D eigenvalue weighted by Crippen LogP contribution is -2.55. The largest absolute Gasteiger partial charge is 0.453 e. The number of hydrogen-bond donors (Lipinski definition) is 3. The van der Waals surface area contributed by atoms with Crippen LogP contribution in [0.2, 0.25) is 0 Å². The third-order valence-electron chi connectivity index (χ3n) is 12.7. The minimum Gasteiger partial charge on any atom is -0.453 e. The molecule has 0 radical (unpaired) electrons. The number of piperidine rings is 2. The molecule has 9 rings (SSSR count). The summed E-state index contributed by atoms with van der Waals surface area (Å²) in [6.07, 6.45) is 6.65. The second kappa shape index (κ2) is 14.5. The zero-order valence-electron chi connectivity index (χ0n) is 33.6. The predicted molar refractivity (Wildman–Crippen MR) is 215 cm³/mol. The Morgan fingerprint density at radius 1 is 0.741 bits per heavy atom. The number of H-pyrrole nitrogens is 1. The summed E-state index contributed by atoms with van der Waals surface area (Å²) in [7, 11) is 2.60. The average molecular weight is 788 g/mol. The molecule has 8 atom stereocenters. The number of methoxy groups -OCH3 is 2. The molecule has 2 aromatic carbocycles. The molecule has 2 saturated carbocycles. The number of carbonyl (C=O) groups excluding carboxylic acids is 4. The van der Waals surface area contributed by atoms with E-state index in [0.29, 0.717) is 18.3 Å². The molecule has 0 bridgehead atoms. The van der Waals surface area contributed by atoms with Crippen molar-refractivity contribution in [1.29, 1.82) is 0 Å². The zero-order chi connectivity index (χ0) is 40.6. The Morgan fingerprint density at radius 2 is 1.36 bits per heavy atom. The van der Waals surface area contributed by atoms with Crippen LogP contribution in [0.4, 0.5) is 15.3 Å². The standard InChI is InChI=1S/C43H49N9O6/c1-20(2)37(49-42(55)57-5)40(53)51-33-14-25(33)16-35(51)30-13-24-11-22(7-9-27(24)46-30)31-18-44-29-12-23(8-10-28(29)47-31)32-19-45-39(48-32)36-17-26-15-34(26)52(36)41(54)38(21(3)4)50-43(56)58-6/h7-12,18-21,25-26,33-38H,13-17H2,1-6H3,(H,45,48)(H,49,55)(H,50,56)/t25-,26-,33-,34-,35+,36+,37+,38+/m1/s1. The molecule has 2 aliphatic carbocycles. The number of hydrogen-bond acceptors (Lipinski definition) is 10. The van der Waals surface area contributed by atoms with Crippen LogP contribution >= 0.6 is 0 Å². The Morgan fingerprint density at radius 3 is 2.00 bits per heavy atom. The number of amides is 4. The Labute approximate surface area is 336 Å². The Bertz CT molecular complexity index is 2360. The van der Waals surface area contributed by atoms with Gasteiger partial charge in [0, 0.05) is 35.3 Å². The summed E-state index contributed by atoms with van der Waals surface area (Å²) in [6, 6.07) is 10.7. The second-order valence-electron chi connectivity index (χ2n) is 17.1. The van der Waals surface area contributed by atoms with Crippen molar-refractivity contribution in [2.75, 3.05) is 14.2 Å². The Hall–Kier alpha value is -5.86. The van der Waals surface area contributed by atoms with Crippen LogP contribution in [0.15, 0.2) is 53.8 Å². The lowest BCUT2D eigenvalue weighted by molar-refractivity contribution is -0.137. The number of nitrogens with one attached hydrogen (secondary N) is 3. The first kappa shape index (κ1) is 37.7. The zero-order valence-corrected chi connectivity index (χ0v) is 33.6. The Kier molecular flexibility index (Phi) is 9.43. The second-order valence-corrected chi connectivity index (χ2v) is 17.1. The molecule has 2 saturated heterocycles. The van der Waals surface area contributed by atoms with Crippen LogP contribution in [-0.2, 0) is 25.5 Å². The van der Waals surface area contributed by atoms with E-state index in [2.05, 4.69) is 21.7 Å². The first-order chi connectivity index (χ1) is 27.9. The molecule has 302 valence electrons. The fourth-order valence-electron chi connectivity index (χ4n) is 9.36. The van der Waals surface area contributed by atoms with Crippen molar-refractivity contribution in [1.82, 2.24) is 40.4 Å². The third-order valence-corrected chi connectivity index (χ3v) is 12.7. The molecule has 2 aromatic heterocycles. The van der Waals surface area contributed by atoms with E-state index in [1.54, 1.807) is 12.4 Å². The lowest BCUT2D eigenvalue weighted by atomic mass is 9.97. The molecule has 0 unspecified atom stereocenters. The van der Waals surface area contributed by atoms with Gasteiger partial charge in [-0.05, 0) is 79.2 Å². The number of ether oxygens (including phenoxy) is 2. The van der Waals surface area contributed by atoms with Crippen molar-refractivity contribution in [3.05, 3.63) is 60.2 Å². The van der Waals surface area contributed by atoms with Crippen LogP contribution in [-0.4, -0.2) is 104 Å². The van der Waals surface area contributed by atoms with Gasteiger partial charge in [0.25, 0.3) is 0 Å². The highest BCUT2D eigenvalue weighted by atomic mass is 16.5. The molecule has 0 spiro atoms. The van der Waals surface area contributed by atoms with Gasteiger partial charge in [-0.25, -0.2) is 19.6 Å². The van der Waals surface area contributed by atoms with Crippen LogP contribution in [0, 0.1) is 23.7 Å². The molecular weight excluding hydrogens is 739 g/mol. The van der Waals surface area contributed by atoms with Gasteiger partial charge in [0.2, 0.25) is 11.8 Å². The topological polar surface area (TPSA) is 184 Å². The number of likely N-dealkylation sites (tertiary alicyclic amines) is 2. The van der Waals surface area contributed by atoms with Gasteiger partial charge in [-0.15, -0.1) is 0 Å². The maximum atomic E-state index is 13.9. The van der Waals surface area contributed by atoms with E-state index >= 15 is 0 Å². The van der Waals surface area contributed by atoms with Gasteiger partial charge in [0.05, 0.1) is 66.8 Å². The van der Waals surface area contributed by atoms with Crippen LogP contribution in [0.25, 0.3) is 33.5 Å². The molecule has 4 aromatic rings. The van der Waals surface area contributed by atoms with Crippen LogP contribution in [0.5, 0.6) is 0 Å². The smallest absolute Gasteiger partial charge is 0.407 e. The van der Waals surface area contributed by atoms with Crippen LogP contribution < -0.4 is 10.6 Å². The molecule has 15 nitrogen and oxygen atoms in total. The molecule has 5 heterocycles. The fourth-order valence-corrected chi connectivity index (χ4v) is 9.36.